The van der Waals surface area contributed by atoms with Crippen LogP contribution in [-0.4, -0.2) is 17.7 Å². The van der Waals surface area contributed by atoms with Crippen molar-refractivity contribution in [3.05, 3.63) is 72.2 Å². The molecule has 0 fully saturated rings. The Bertz CT molecular complexity index is 960. The van der Waals surface area contributed by atoms with Gasteiger partial charge in [-0.2, -0.15) is 0 Å². The van der Waals surface area contributed by atoms with Crippen molar-refractivity contribution >= 4 is 23.1 Å². The van der Waals surface area contributed by atoms with Gasteiger partial charge in [-0.05, 0) is 36.4 Å². The predicted molar refractivity (Wildman–Crippen MR) is 94.4 cm³/mol. The van der Waals surface area contributed by atoms with E-state index >= 15 is 0 Å². The van der Waals surface area contributed by atoms with Crippen molar-refractivity contribution < 1.29 is 18.7 Å². The van der Waals surface area contributed by atoms with Crippen molar-refractivity contribution in [2.45, 2.75) is 0 Å². The number of carbonyl (C=O) groups is 1. The molecule has 3 aromatic rings. The van der Waals surface area contributed by atoms with Gasteiger partial charge in [0.15, 0.2) is 11.5 Å². The number of rotatable bonds is 4. The largest absolute Gasteiger partial charge is 0.454 e. The number of ether oxygens (including phenoxy) is 2. The number of hydrogen-bond donors (Lipinski definition) is 2. The molecule has 0 atom stereocenters. The van der Waals surface area contributed by atoms with E-state index in [0.717, 1.165) is 0 Å². The first-order valence-electron chi connectivity index (χ1n) is 7.88. The smallest absolute Gasteiger partial charge is 0.257 e. The standard InChI is InChI=1S/C19H14FN3O3/c20-14-3-1-2-4-15(14)23-18-8-5-12(10-21-18)19(24)22-13-6-7-16-17(9-13)26-11-25-16/h1-10H,11H2,(H,21,23)(H,22,24). The highest BCUT2D eigenvalue weighted by molar-refractivity contribution is 6.04. The molecular weight excluding hydrogens is 337 g/mol. The van der Waals surface area contributed by atoms with Crippen LogP contribution in [0.5, 0.6) is 11.5 Å². The first kappa shape index (κ1) is 15.9. The summed E-state index contributed by atoms with van der Waals surface area (Å²) in [5.41, 5.74) is 1.28. The number of carbonyl (C=O) groups excluding carboxylic acids is 1. The fourth-order valence-electron chi connectivity index (χ4n) is 2.48. The minimum Gasteiger partial charge on any atom is -0.454 e. The van der Waals surface area contributed by atoms with E-state index in [4.69, 9.17) is 9.47 Å². The molecule has 6 nitrogen and oxygen atoms in total. The maximum atomic E-state index is 13.6. The summed E-state index contributed by atoms with van der Waals surface area (Å²) in [5.74, 6) is 0.987. The van der Waals surface area contributed by atoms with E-state index in [-0.39, 0.29) is 18.5 Å². The van der Waals surface area contributed by atoms with Crippen LogP contribution in [-0.2, 0) is 0 Å². The molecule has 0 bridgehead atoms. The van der Waals surface area contributed by atoms with Gasteiger partial charge in [0.05, 0.1) is 11.3 Å². The third-order valence-electron chi connectivity index (χ3n) is 3.79. The fourth-order valence-corrected chi connectivity index (χ4v) is 2.48. The summed E-state index contributed by atoms with van der Waals surface area (Å²) in [7, 11) is 0. The molecule has 0 unspecified atom stereocenters. The molecule has 0 spiro atoms. The molecule has 1 aliphatic heterocycles. The third-order valence-corrected chi connectivity index (χ3v) is 3.79. The Hall–Kier alpha value is -3.61. The zero-order valence-electron chi connectivity index (χ0n) is 13.5. The summed E-state index contributed by atoms with van der Waals surface area (Å²) in [6.07, 6.45) is 1.42. The lowest BCUT2D eigenvalue weighted by Crippen LogP contribution is -2.12. The molecule has 1 amide bonds. The van der Waals surface area contributed by atoms with Crippen molar-refractivity contribution in [1.82, 2.24) is 4.98 Å². The van der Waals surface area contributed by atoms with Crippen molar-refractivity contribution in [2.24, 2.45) is 0 Å². The van der Waals surface area contributed by atoms with Crippen molar-refractivity contribution in [1.29, 1.82) is 0 Å². The number of fused-ring (bicyclic) bond motifs is 1. The number of halogens is 1. The van der Waals surface area contributed by atoms with Crippen LogP contribution in [0.25, 0.3) is 0 Å². The maximum Gasteiger partial charge on any atom is 0.257 e. The Labute approximate surface area is 148 Å². The first-order chi connectivity index (χ1) is 12.7. The summed E-state index contributed by atoms with van der Waals surface area (Å²) in [6.45, 7) is 0.174. The Morgan fingerprint density at radius 1 is 1.04 bits per heavy atom. The van der Waals surface area contributed by atoms with Gasteiger partial charge in [0, 0.05) is 18.0 Å². The molecule has 1 aromatic heterocycles. The summed E-state index contributed by atoms with van der Waals surface area (Å²) < 4.78 is 24.2. The highest BCUT2D eigenvalue weighted by atomic mass is 19.1. The van der Waals surface area contributed by atoms with Crippen LogP contribution in [0.4, 0.5) is 21.6 Å². The maximum absolute atomic E-state index is 13.6. The van der Waals surface area contributed by atoms with E-state index in [2.05, 4.69) is 15.6 Å². The van der Waals surface area contributed by atoms with E-state index < -0.39 is 0 Å². The van der Waals surface area contributed by atoms with Gasteiger partial charge in [0.2, 0.25) is 6.79 Å². The number of anilines is 3. The van der Waals surface area contributed by atoms with Crippen LogP contribution in [0.2, 0.25) is 0 Å². The molecule has 2 heterocycles. The Kier molecular flexibility index (Phi) is 4.10. The molecule has 0 radical (unpaired) electrons. The van der Waals surface area contributed by atoms with E-state index in [9.17, 15) is 9.18 Å². The average Bonchev–Trinajstić information content (AvgIpc) is 3.12. The Balaban J connectivity index is 1.44. The molecule has 0 saturated heterocycles. The van der Waals surface area contributed by atoms with Gasteiger partial charge in [0.25, 0.3) is 5.91 Å². The molecule has 0 aliphatic carbocycles. The predicted octanol–water partition coefficient (Wildman–Crippen LogP) is 3.95. The lowest BCUT2D eigenvalue weighted by molar-refractivity contribution is 0.102. The topological polar surface area (TPSA) is 72.5 Å². The second-order valence-corrected chi connectivity index (χ2v) is 5.56. The number of benzene rings is 2. The number of amides is 1. The SMILES string of the molecule is O=C(Nc1ccc2c(c1)OCO2)c1ccc(Nc2ccccc2F)nc1. The van der Waals surface area contributed by atoms with Crippen molar-refractivity contribution in [2.75, 3.05) is 17.4 Å². The van der Waals surface area contributed by atoms with Crippen molar-refractivity contribution in [3.63, 3.8) is 0 Å². The summed E-state index contributed by atoms with van der Waals surface area (Å²) >= 11 is 0. The number of aromatic nitrogens is 1. The molecule has 130 valence electrons. The van der Waals surface area contributed by atoms with Crippen LogP contribution < -0.4 is 20.1 Å². The van der Waals surface area contributed by atoms with Crippen LogP contribution in [0.1, 0.15) is 10.4 Å². The number of pyridine rings is 1. The lowest BCUT2D eigenvalue weighted by atomic mass is 10.2. The van der Waals surface area contributed by atoms with E-state index in [1.807, 2.05) is 0 Å². The highest BCUT2D eigenvalue weighted by Gasteiger charge is 2.15. The molecule has 1 aliphatic rings. The zero-order chi connectivity index (χ0) is 17.9. The van der Waals surface area contributed by atoms with Crippen LogP contribution in [0.3, 0.4) is 0 Å². The molecule has 26 heavy (non-hydrogen) atoms. The average molecular weight is 351 g/mol. The minimum atomic E-state index is -0.376. The molecular formula is C19H14FN3O3. The summed E-state index contributed by atoms with van der Waals surface area (Å²) in [6, 6.07) is 14.7. The number of nitrogens with zero attached hydrogens (tertiary/aromatic N) is 1. The summed E-state index contributed by atoms with van der Waals surface area (Å²) in [5, 5.41) is 5.64. The molecule has 7 heteroatoms. The molecule has 2 aromatic carbocycles. The Morgan fingerprint density at radius 3 is 2.69 bits per heavy atom. The van der Waals surface area contributed by atoms with Gasteiger partial charge in [-0.3, -0.25) is 4.79 Å². The third kappa shape index (κ3) is 3.27. The van der Waals surface area contributed by atoms with E-state index in [1.54, 1.807) is 48.5 Å². The van der Waals surface area contributed by atoms with Gasteiger partial charge in [-0.15, -0.1) is 0 Å². The fraction of sp³-hybridized carbons (Fsp3) is 0.0526. The monoisotopic (exact) mass is 351 g/mol. The first-order valence-corrected chi connectivity index (χ1v) is 7.88. The van der Waals surface area contributed by atoms with E-state index in [0.29, 0.717) is 34.3 Å². The van der Waals surface area contributed by atoms with Gasteiger partial charge >= 0.3 is 0 Å². The number of para-hydroxylation sites is 1. The zero-order valence-corrected chi connectivity index (χ0v) is 13.5. The normalized spacial score (nSPS) is 11.9. The van der Waals surface area contributed by atoms with Crippen molar-refractivity contribution in [3.8, 4) is 11.5 Å². The molecule has 2 N–H and O–H groups in total. The second kappa shape index (κ2) is 6.72. The van der Waals surface area contributed by atoms with Crippen LogP contribution in [0, 0.1) is 5.82 Å². The minimum absolute atomic E-state index is 0.174. The van der Waals surface area contributed by atoms with Gasteiger partial charge in [0.1, 0.15) is 11.6 Å². The van der Waals surface area contributed by atoms with E-state index in [1.165, 1.54) is 12.3 Å². The van der Waals surface area contributed by atoms with Gasteiger partial charge < -0.3 is 20.1 Å². The van der Waals surface area contributed by atoms with Gasteiger partial charge in [-0.1, -0.05) is 12.1 Å². The summed E-state index contributed by atoms with van der Waals surface area (Å²) in [4.78, 5) is 16.5. The molecule has 4 rings (SSSR count). The second-order valence-electron chi connectivity index (χ2n) is 5.56. The van der Waals surface area contributed by atoms with Crippen LogP contribution in [0.15, 0.2) is 60.8 Å². The Morgan fingerprint density at radius 2 is 1.88 bits per heavy atom. The number of nitrogens with one attached hydrogen (secondary N) is 2. The number of hydrogen-bond acceptors (Lipinski definition) is 5. The van der Waals surface area contributed by atoms with Crippen LogP contribution >= 0.6 is 0 Å². The van der Waals surface area contributed by atoms with Gasteiger partial charge in [-0.25, -0.2) is 9.37 Å². The quantitative estimate of drug-likeness (QED) is 0.745. The molecule has 0 saturated carbocycles. The highest BCUT2D eigenvalue weighted by Crippen LogP contribution is 2.34. The lowest BCUT2D eigenvalue weighted by Gasteiger charge is -2.08.